The Balaban J connectivity index is 1.81. The van der Waals surface area contributed by atoms with Crippen LogP contribution in [0.3, 0.4) is 0 Å². The lowest BCUT2D eigenvalue weighted by Crippen LogP contribution is -2.43. The molecule has 2 aliphatic rings. The smallest absolute Gasteiger partial charge is 0.308 e. The van der Waals surface area contributed by atoms with Gasteiger partial charge in [-0.1, -0.05) is 12.8 Å². The van der Waals surface area contributed by atoms with Gasteiger partial charge in [-0.05, 0) is 33.1 Å². The highest BCUT2D eigenvalue weighted by atomic mass is 16.4. The third-order valence-electron chi connectivity index (χ3n) is 4.99. The van der Waals surface area contributed by atoms with Crippen molar-refractivity contribution in [2.45, 2.75) is 64.5 Å². The number of amides is 2. The first-order chi connectivity index (χ1) is 10.4. The molecule has 22 heavy (non-hydrogen) atoms. The second-order valence-corrected chi connectivity index (χ2v) is 6.66. The minimum Gasteiger partial charge on any atom is -0.481 e. The molecule has 2 N–H and O–H groups in total. The zero-order valence-corrected chi connectivity index (χ0v) is 13.4. The number of aliphatic carboxylic acids is 1. The van der Waals surface area contributed by atoms with Crippen LogP contribution in [0.15, 0.2) is 0 Å². The largest absolute Gasteiger partial charge is 0.481 e. The fourth-order valence-corrected chi connectivity index (χ4v) is 3.60. The van der Waals surface area contributed by atoms with Crippen molar-refractivity contribution >= 4 is 17.8 Å². The molecule has 0 aromatic rings. The van der Waals surface area contributed by atoms with Gasteiger partial charge >= 0.3 is 5.97 Å². The molecule has 1 aliphatic carbocycles. The average Bonchev–Trinajstić information content (AvgIpc) is 3.06. The Bertz CT molecular complexity index is 445. The molecule has 6 heteroatoms. The minimum absolute atomic E-state index is 0.0516. The van der Waals surface area contributed by atoms with Crippen LogP contribution in [0.4, 0.5) is 0 Å². The Kier molecular flexibility index (Phi) is 5.42. The van der Waals surface area contributed by atoms with Crippen molar-refractivity contribution in [3.63, 3.8) is 0 Å². The Morgan fingerprint density at radius 3 is 2.41 bits per heavy atom. The molecule has 1 saturated heterocycles. The van der Waals surface area contributed by atoms with E-state index in [2.05, 4.69) is 5.32 Å². The van der Waals surface area contributed by atoms with Crippen LogP contribution >= 0.6 is 0 Å². The van der Waals surface area contributed by atoms with E-state index in [0.717, 1.165) is 25.7 Å². The highest BCUT2D eigenvalue weighted by Crippen LogP contribution is 2.26. The topological polar surface area (TPSA) is 86.7 Å². The van der Waals surface area contributed by atoms with Gasteiger partial charge in [0.1, 0.15) is 0 Å². The summed E-state index contributed by atoms with van der Waals surface area (Å²) in [5, 5.41) is 12.0. The van der Waals surface area contributed by atoms with Crippen molar-refractivity contribution in [1.82, 2.24) is 10.2 Å². The number of likely N-dealkylation sites (tertiary alicyclic amines) is 1. The fraction of sp³-hybridized carbons (Fsp3) is 0.812. The van der Waals surface area contributed by atoms with Crippen molar-refractivity contribution < 1.29 is 19.5 Å². The number of hydrogen-bond donors (Lipinski definition) is 2. The van der Waals surface area contributed by atoms with Crippen molar-refractivity contribution in [2.24, 2.45) is 11.8 Å². The highest BCUT2D eigenvalue weighted by molar-refractivity contribution is 5.82. The van der Waals surface area contributed by atoms with Gasteiger partial charge in [0, 0.05) is 31.0 Å². The zero-order valence-electron chi connectivity index (χ0n) is 13.4. The molecule has 1 saturated carbocycles. The lowest BCUT2D eigenvalue weighted by molar-refractivity contribution is -0.143. The molecule has 3 atom stereocenters. The van der Waals surface area contributed by atoms with E-state index in [1.54, 1.807) is 11.8 Å². The molecular weight excluding hydrogens is 284 g/mol. The first-order valence-corrected chi connectivity index (χ1v) is 8.22. The summed E-state index contributed by atoms with van der Waals surface area (Å²) < 4.78 is 0. The van der Waals surface area contributed by atoms with E-state index in [1.807, 2.05) is 6.92 Å². The van der Waals surface area contributed by atoms with Gasteiger partial charge in [-0.25, -0.2) is 0 Å². The SMILES string of the molecule is CC(CC(=O)N1CCC(C(=O)O)C1C)NC(=O)C1CCCC1. The van der Waals surface area contributed by atoms with Crippen LogP contribution in [0.1, 0.15) is 52.4 Å². The Hall–Kier alpha value is -1.59. The molecule has 1 aliphatic heterocycles. The van der Waals surface area contributed by atoms with Gasteiger partial charge in [-0.2, -0.15) is 0 Å². The standard InChI is InChI=1S/C16H26N2O4/c1-10(17-15(20)12-5-3-4-6-12)9-14(19)18-8-7-13(11(18)2)16(21)22/h10-13H,3-9H2,1-2H3,(H,17,20)(H,21,22). The van der Waals surface area contributed by atoms with Crippen molar-refractivity contribution in [3.05, 3.63) is 0 Å². The summed E-state index contributed by atoms with van der Waals surface area (Å²) in [6.07, 6.45) is 4.83. The summed E-state index contributed by atoms with van der Waals surface area (Å²) in [7, 11) is 0. The molecule has 0 aromatic carbocycles. The maximum Gasteiger partial charge on any atom is 0.308 e. The van der Waals surface area contributed by atoms with Crippen molar-refractivity contribution in [2.75, 3.05) is 6.54 Å². The first-order valence-electron chi connectivity index (χ1n) is 8.22. The first kappa shape index (κ1) is 16.8. The quantitative estimate of drug-likeness (QED) is 0.803. The van der Waals surface area contributed by atoms with E-state index < -0.39 is 11.9 Å². The second kappa shape index (κ2) is 7.11. The fourth-order valence-electron chi connectivity index (χ4n) is 3.60. The zero-order chi connectivity index (χ0) is 16.3. The molecule has 3 unspecified atom stereocenters. The van der Waals surface area contributed by atoms with Crippen LogP contribution in [0, 0.1) is 11.8 Å². The molecule has 0 bridgehead atoms. The number of carbonyl (C=O) groups is 3. The van der Waals surface area contributed by atoms with Crippen molar-refractivity contribution in [3.8, 4) is 0 Å². The normalized spacial score (nSPS) is 26.9. The summed E-state index contributed by atoms with van der Waals surface area (Å²) in [6.45, 7) is 4.10. The van der Waals surface area contributed by atoms with Crippen molar-refractivity contribution in [1.29, 1.82) is 0 Å². The van der Waals surface area contributed by atoms with Gasteiger partial charge in [-0.15, -0.1) is 0 Å². The molecule has 2 amide bonds. The predicted octanol–water partition coefficient (Wildman–Crippen LogP) is 1.39. The summed E-state index contributed by atoms with van der Waals surface area (Å²) in [4.78, 5) is 37.1. The van der Waals surface area contributed by atoms with Crippen LogP contribution in [-0.4, -0.2) is 46.4 Å². The molecule has 0 spiro atoms. The summed E-state index contributed by atoms with van der Waals surface area (Å²) in [5.74, 6) is -1.25. The Morgan fingerprint density at radius 2 is 1.86 bits per heavy atom. The number of hydrogen-bond acceptors (Lipinski definition) is 3. The molecule has 0 radical (unpaired) electrons. The van der Waals surface area contributed by atoms with E-state index in [-0.39, 0.29) is 36.2 Å². The highest BCUT2D eigenvalue weighted by Gasteiger charge is 2.38. The van der Waals surface area contributed by atoms with Gasteiger partial charge in [-0.3, -0.25) is 14.4 Å². The maximum atomic E-state index is 12.3. The van der Waals surface area contributed by atoms with E-state index in [9.17, 15) is 14.4 Å². The second-order valence-electron chi connectivity index (χ2n) is 6.66. The third-order valence-corrected chi connectivity index (χ3v) is 4.99. The Labute approximate surface area is 131 Å². The molecule has 2 fully saturated rings. The summed E-state index contributed by atoms with van der Waals surface area (Å²) in [6, 6.07) is -0.487. The molecule has 1 heterocycles. The predicted molar refractivity (Wildman–Crippen MR) is 81.1 cm³/mol. The monoisotopic (exact) mass is 310 g/mol. The van der Waals surface area contributed by atoms with E-state index in [1.165, 1.54) is 0 Å². The van der Waals surface area contributed by atoms with Crippen LogP contribution in [0.25, 0.3) is 0 Å². The molecule has 6 nitrogen and oxygen atoms in total. The number of nitrogens with zero attached hydrogens (tertiary/aromatic N) is 1. The van der Waals surface area contributed by atoms with Gasteiger partial charge in [0.05, 0.1) is 5.92 Å². The van der Waals surface area contributed by atoms with Gasteiger partial charge in [0.2, 0.25) is 11.8 Å². The van der Waals surface area contributed by atoms with Crippen LogP contribution < -0.4 is 5.32 Å². The molecule has 124 valence electrons. The van der Waals surface area contributed by atoms with Gasteiger partial charge < -0.3 is 15.3 Å². The number of carboxylic acid groups (broad SMARTS) is 1. The minimum atomic E-state index is -0.842. The van der Waals surface area contributed by atoms with Gasteiger partial charge in [0.15, 0.2) is 0 Å². The van der Waals surface area contributed by atoms with Crippen LogP contribution in [0.2, 0.25) is 0 Å². The average molecular weight is 310 g/mol. The molecular formula is C16H26N2O4. The van der Waals surface area contributed by atoms with Gasteiger partial charge in [0.25, 0.3) is 0 Å². The van der Waals surface area contributed by atoms with Crippen LogP contribution in [-0.2, 0) is 14.4 Å². The lowest BCUT2D eigenvalue weighted by Gasteiger charge is -2.25. The van der Waals surface area contributed by atoms with E-state index in [0.29, 0.717) is 13.0 Å². The lowest BCUT2D eigenvalue weighted by atomic mass is 10.0. The summed E-state index contributed by atoms with van der Waals surface area (Å²) >= 11 is 0. The third kappa shape index (κ3) is 3.78. The summed E-state index contributed by atoms with van der Waals surface area (Å²) in [5.41, 5.74) is 0. The van der Waals surface area contributed by atoms with E-state index >= 15 is 0 Å². The number of carbonyl (C=O) groups excluding carboxylic acids is 2. The number of rotatable bonds is 5. The number of nitrogens with one attached hydrogen (secondary N) is 1. The number of carboxylic acids is 1. The van der Waals surface area contributed by atoms with E-state index in [4.69, 9.17) is 5.11 Å². The Morgan fingerprint density at radius 1 is 1.23 bits per heavy atom. The molecule has 0 aromatic heterocycles. The maximum absolute atomic E-state index is 12.3. The molecule has 2 rings (SSSR count). The van der Waals surface area contributed by atoms with Crippen LogP contribution in [0.5, 0.6) is 0 Å².